The Bertz CT molecular complexity index is 569. The second kappa shape index (κ2) is 6.37. The highest BCUT2D eigenvalue weighted by molar-refractivity contribution is 7.91. The monoisotopic (exact) mass is 297 g/mol. The molecule has 6 heteroatoms. The zero-order chi connectivity index (χ0) is 14.6. The van der Waals surface area contributed by atoms with Crippen molar-refractivity contribution in [3.63, 3.8) is 0 Å². The van der Waals surface area contributed by atoms with Crippen LogP contribution in [-0.2, 0) is 26.0 Å². The Morgan fingerprint density at radius 1 is 1.30 bits per heavy atom. The number of hydrogen-bond donors (Lipinski definition) is 0. The van der Waals surface area contributed by atoms with Gasteiger partial charge in [-0.25, -0.2) is 8.42 Å². The first-order chi connectivity index (χ1) is 9.44. The van der Waals surface area contributed by atoms with Crippen molar-refractivity contribution in [1.29, 1.82) is 0 Å². The van der Waals surface area contributed by atoms with Crippen LogP contribution in [0.5, 0.6) is 0 Å². The Morgan fingerprint density at radius 3 is 2.65 bits per heavy atom. The van der Waals surface area contributed by atoms with Gasteiger partial charge in [0.05, 0.1) is 18.1 Å². The Balaban J connectivity index is 1.76. The molecule has 1 fully saturated rings. The zero-order valence-corrected chi connectivity index (χ0v) is 12.4. The van der Waals surface area contributed by atoms with Crippen molar-refractivity contribution >= 4 is 15.8 Å². The van der Waals surface area contributed by atoms with Crippen molar-refractivity contribution in [2.45, 2.75) is 13.5 Å². The minimum absolute atomic E-state index is 0.123. The van der Waals surface area contributed by atoms with Crippen molar-refractivity contribution in [3.05, 3.63) is 35.4 Å². The molecule has 0 amide bonds. The van der Waals surface area contributed by atoms with Gasteiger partial charge in [-0.1, -0.05) is 29.8 Å². The van der Waals surface area contributed by atoms with Gasteiger partial charge in [-0.2, -0.15) is 0 Å². The summed E-state index contributed by atoms with van der Waals surface area (Å²) in [5.41, 5.74) is 2.08. The first kappa shape index (κ1) is 15.0. The largest absolute Gasteiger partial charge is 0.460 e. The van der Waals surface area contributed by atoms with Crippen molar-refractivity contribution in [3.8, 4) is 0 Å². The lowest BCUT2D eigenvalue weighted by Crippen LogP contribution is -2.43. The third-order valence-corrected chi connectivity index (χ3v) is 4.88. The fourth-order valence-electron chi connectivity index (χ4n) is 2.10. The van der Waals surface area contributed by atoms with Gasteiger partial charge in [-0.3, -0.25) is 9.69 Å². The van der Waals surface area contributed by atoms with Crippen LogP contribution < -0.4 is 0 Å². The Labute approximate surface area is 119 Å². The molecule has 0 saturated carbocycles. The van der Waals surface area contributed by atoms with Gasteiger partial charge in [0, 0.05) is 13.1 Å². The molecule has 0 aliphatic carbocycles. The number of hydrogen-bond acceptors (Lipinski definition) is 5. The van der Waals surface area contributed by atoms with Gasteiger partial charge in [0.15, 0.2) is 9.84 Å². The van der Waals surface area contributed by atoms with E-state index in [-0.39, 0.29) is 30.6 Å². The van der Waals surface area contributed by atoms with E-state index in [1.165, 1.54) is 0 Å². The number of ether oxygens (including phenoxy) is 1. The maximum absolute atomic E-state index is 11.7. The van der Waals surface area contributed by atoms with E-state index < -0.39 is 9.84 Å². The number of carbonyl (C=O) groups excluding carboxylic acids is 1. The fraction of sp³-hybridized carbons (Fsp3) is 0.500. The molecule has 1 heterocycles. The van der Waals surface area contributed by atoms with Gasteiger partial charge in [0.25, 0.3) is 0 Å². The normalized spacial score (nSPS) is 18.6. The van der Waals surface area contributed by atoms with E-state index in [1.54, 1.807) is 0 Å². The molecule has 1 aromatic rings. The van der Waals surface area contributed by atoms with Crippen LogP contribution in [-0.4, -0.2) is 50.4 Å². The molecule has 0 spiro atoms. The van der Waals surface area contributed by atoms with Crippen LogP contribution in [0.3, 0.4) is 0 Å². The molecule has 5 nitrogen and oxygen atoms in total. The molecule has 0 atom stereocenters. The molecule has 1 saturated heterocycles. The number of esters is 1. The highest BCUT2D eigenvalue weighted by Gasteiger charge is 2.23. The second-order valence-corrected chi connectivity index (χ2v) is 7.38. The molecule has 0 aromatic heterocycles. The zero-order valence-electron chi connectivity index (χ0n) is 11.5. The number of rotatable bonds is 4. The van der Waals surface area contributed by atoms with Crippen molar-refractivity contribution in [2.75, 3.05) is 31.1 Å². The summed E-state index contributed by atoms with van der Waals surface area (Å²) in [7, 11) is -2.91. The third kappa shape index (κ3) is 4.61. The molecule has 0 N–H and O–H groups in total. The quantitative estimate of drug-likeness (QED) is 0.768. The van der Waals surface area contributed by atoms with Crippen LogP contribution in [0.15, 0.2) is 24.3 Å². The summed E-state index contributed by atoms with van der Waals surface area (Å²) in [4.78, 5) is 13.5. The molecular formula is C14H19NO4S. The molecular weight excluding hydrogens is 278 g/mol. The third-order valence-electron chi connectivity index (χ3n) is 3.27. The molecule has 0 unspecified atom stereocenters. The molecule has 1 aromatic carbocycles. The number of aryl methyl sites for hydroxylation is 1. The molecule has 0 radical (unpaired) electrons. The summed E-state index contributed by atoms with van der Waals surface area (Å²) in [6, 6.07) is 7.79. The second-order valence-electron chi connectivity index (χ2n) is 5.08. The van der Waals surface area contributed by atoms with Gasteiger partial charge in [-0.15, -0.1) is 0 Å². The average Bonchev–Trinajstić information content (AvgIpc) is 2.39. The maximum atomic E-state index is 11.7. The van der Waals surface area contributed by atoms with Crippen LogP contribution in [0.2, 0.25) is 0 Å². The smallest absolute Gasteiger partial charge is 0.320 e. The van der Waals surface area contributed by atoms with Crippen molar-refractivity contribution < 1.29 is 17.9 Å². The highest BCUT2D eigenvalue weighted by atomic mass is 32.2. The lowest BCUT2D eigenvalue weighted by molar-refractivity contribution is -0.146. The number of carbonyl (C=O) groups is 1. The Morgan fingerprint density at radius 2 is 2.00 bits per heavy atom. The summed E-state index contributed by atoms with van der Waals surface area (Å²) >= 11 is 0. The van der Waals surface area contributed by atoms with Crippen molar-refractivity contribution in [2.24, 2.45) is 0 Å². The van der Waals surface area contributed by atoms with E-state index in [2.05, 4.69) is 0 Å². The van der Waals surface area contributed by atoms with Gasteiger partial charge >= 0.3 is 5.97 Å². The maximum Gasteiger partial charge on any atom is 0.320 e. The minimum atomic E-state index is -2.91. The van der Waals surface area contributed by atoms with E-state index in [4.69, 9.17) is 4.74 Å². The summed E-state index contributed by atoms with van der Waals surface area (Å²) < 4.78 is 27.8. The number of benzene rings is 1. The van der Waals surface area contributed by atoms with Crippen LogP contribution in [0.4, 0.5) is 0 Å². The van der Waals surface area contributed by atoms with E-state index in [0.717, 1.165) is 11.1 Å². The van der Waals surface area contributed by atoms with Crippen molar-refractivity contribution in [1.82, 2.24) is 4.90 Å². The average molecular weight is 297 g/mol. The minimum Gasteiger partial charge on any atom is -0.460 e. The highest BCUT2D eigenvalue weighted by Crippen LogP contribution is 2.07. The van der Waals surface area contributed by atoms with Crippen LogP contribution in [0.1, 0.15) is 11.1 Å². The van der Waals surface area contributed by atoms with Gasteiger partial charge < -0.3 is 4.74 Å². The molecule has 2 rings (SSSR count). The number of nitrogens with zero attached hydrogens (tertiary/aromatic N) is 1. The Kier molecular flexibility index (Phi) is 4.77. The van der Waals surface area contributed by atoms with E-state index >= 15 is 0 Å². The summed E-state index contributed by atoms with van der Waals surface area (Å²) in [5.74, 6) is -0.0677. The van der Waals surface area contributed by atoms with Gasteiger partial charge in [0.2, 0.25) is 0 Å². The fourth-order valence-corrected chi connectivity index (χ4v) is 3.38. The summed E-state index contributed by atoms with van der Waals surface area (Å²) in [6.45, 7) is 3.21. The molecule has 1 aliphatic rings. The topological polar surface area (TPSA) is 63.7 Å². The predicted molar refractivity (Wildman–Crippen MR) is 76.1 cm³/mol. The molecule has 0 bridgehead atoms. The number of sulfone groups is 1. The molecule has 110 valence electrons. The van der Waals surface area contributed by atoms with E-state index in [0.29, 0.717) is 13.1 Å². The van der Waals surface area contributed by atoms with Crippen LogP contribution >= 0.6 is 0 Å². The lowest BCUT2D eigenvalue weighted by Gasteiger charge is -2.25. The van der Waals surface area contributed by atoms with E-state index in [1.807, 2.05) is 36.1 Å². The van der Waals surface area contributed by atoms with Gasteiger partial charge in [-0.05, 0) is 12.5 Å². The van der Waals surface area contributed by atoms with Crippen LogP contribution in [0.25, 0.3) is 0 Å². The molecule has 1 aliphatic heterocycles. The summed E-state index contributed by atoms with van der Waals surface area (Å²) in [6.07, 6.45) is 0. The SMILES string of the molecule is Cc1cccc(COC(=O)CN2CCS(=O)(=O)CC2)c1. The first-order valence-electron chi connectivity index (χ1n) is 6.58. The van der Waals surface area contributed by atoms with Crippen LogP contribution in [0, 0.1) is 6.92 Å². The molecule has 20 heavy (non-hydrogen) atoms. The lowest BCUT2D eigenvalue weighted by atomic mass is 10.1. The van der Waals surface area contributed by atoms with E-state index in [9.17, 15) is 13.2 Å². The standard InChI is InChI=1S/C14H19NO4S/c1-12-3-2-4-13(9-12)11-19-14(16)10-15-5-7-20(17,18)8-6-15/h2-4,9H,5-8,10-11H2,1H3. The first-order valence-corrected chi connectivity index (χ1v) is 8.41. The van der Waals surface area contributed by atoms with Gasteiger partial charge in [0.1, 0.15) is 6.61 Å². The summed E-state index contributed by atoms with van der Waals surface area (Å²) in [5, 5.41) is 0. The predicted octanol–water partition coefficient (Wildman–Crippen LogP) is 0.769. The Hall–Kier alpha value is -1.40.